The van der Waals surface area contributed by atoms with Gasteiger partial charge in [-0.3, -0.25) is 4.79 Å². The summed E-state index contributed by atoms with van der Waals surface area (Å²) < 4.78 is 6.96. The zero-order chi connectivity index (χ0) is 24.4. The van der Waals surface area contributed by atoms with Crippen LogP contribution >= 0.6 is 0 Å². The van der Waals surface area contributed by atoms with E-state index in [1.54, 1.807) is 17.8 Å². The first-order valence-electron chi connectivity index (χ1n) is 12.5. The first-order valence-corrected chi connectivity index (χ1v) is 12.5. The summed E-state index contributed by atoms with van der Waals surface area (Å²) in [5, 5.41) is 7.39. The third-order valence-electron chi connectivity index (χ3n) is 7.44. The lowest BCUT2D eigenvalue weighted by atomic mass is 9.89. The summed E-state index contributed by atoms with van der Waals surface area (Å²) in [6.45, 7) is 5.25. The second-order valence-corrected chi connectivity index (χ2v) is 9.74. The van der Waals surface area contributed by atoms with Crippen LogP contribution in [0.15, 0.2) is 48.8 Å². The molecule has 1 aromatic carbocycles. The predicted molar refractivity (Wildman–Crippen MR) is 135 cm³/mol. The lowest BCUT2D eigenvalue weighted by Gasteiger charge is -2.32. The molecule has 0 aliphatic carbocycles. The molecule has 0 bridgehead atoms. The van der Waals surface area contributed by atoms with E-state index in [1.165, 1.54) is 5.56 Å². The molecule has 8 nitrogen and oxygen atoms in total. The molecule has 4 heterocycles. The first kappa shape index (κ1) is 23.2. The second kappa shape index (κ2) is 9.98. The van der Waals surface area contributed by atoms with Gasteiger partial charge in [0.15, 0.2) is 0 Å². The number of methoxy groups -OCH3 is 1. The normalized spacial score (nSPS) is 17.5. The number of pyridine rings is 1. The van der Waals surface area contributed by atoms with Crippen LogP contribution in [0, 0.1) is 5.92 Å². The smallest absolute Gasteiger partial charge is 0.321 e. The standard InChI is InChI=1S/C27H33N5O3/c1-19-7-12-30(13-8-19)26(33)24-18-28-32-16-11-21(17-25(24)32)20-9-14-31(15-10-20)27(34)29-22-3-5-23(35-2)6-4-22/h3-6,11,16-20H,7-10,12-15H2,1-2H3,(H,29,34). The van der Waals surface area contributed by atoms with Gasteiger partial charge in [0.1, 0.15) is 5.75 Å². The largest absolute Gasteiger partial charge is 0.497 e. The quantitative estimate of drug-likeness (QED) is 0.597. The van der Waals surface area contributed by atoms with E-state index < -0.39 is 0 Å². The average molecular weight is 476 g/mol. The molecule has 0 saturated carbocycles. The first-order chi connectivity index (χ1) is 17.0. The van der Waals surface area contributed by atoms with Crippen molar-refractivity contribution in [2.45, 2.75) is 38.5 Å². The number of nitrogens with one attached hydrogen (secondary N) is 1. The Kier molecular flexibility index (Phi) is 6.61. The van der Waals surface area contributed by atoms with Gasteiger partial charge in [0, 0.05) is 38.1 Å². The number of fused-ring (bicyclic) bond motifs is 1. The van der Waals surface area contributed by atoms with Crippen molar-refractivity contribution in [3.05, 3.63) is 59.9 Å². The van der Waals surface area contributed by atoms with Gasteiger partial charge in [0.05, 0.1) is 24.4 Å². The molecule has 2 aliphatic heterocycles. The molecule has 3 amide bonds. The highest BCUT2D eigenvalue weighted by Gasteiger charge is 2.27. The van der Waals surface area contributed by atoms with Gasteiger partial charge in [-0.05, 0) is 79.5 Å². The number of aromatic nitrogens is 2. The molecule has 35 heavy (non-hydrogen) atoms. The summed E-state index contributed by atoms with van der Waals surface area (Å²) in [5.41, 5.74) is 3.50. The number of rotatable bonds is 4. The molecule has 2 aliphatic rings. The predicted octanol–water partition coefficient (Wildman–Crippen LogP) is 4.63. The molecular formula is C27H33N5O3. The number of ether oxygens (including phenoxy) is 1. The number of likely N-dealkylation sites (tertiary alicyclic amines) is 2. The van der Waals surface area contributed by atoms with Gasteiger partial charge < -0.3 is 19.9 Å². The van der Waals surface area contributed by atoms with Crippen LogP contribution in [0.3, 0.4) is 0 Å². The van der Waals surface area contributed by atoms with E-state index in [1.807, 2.05) is 40.3 Å². The van der Waals surface area contributed by atoms with Gasteiger partial charge in [-0.1, -0.05) is 6.92 Å². The van der Waals surface area contributed by atoms with Crippen molar-refractivity contribution in [1.82, 2.24) is 19.4 Å². The third kappa shape index (κ3) is 4.97. The fourth-order valence-corrected chi connectivity index (χ4v) is 5.09. The number of carbonyl (C=O) groups excluding carboxylic acids is 2. The molecule has 2 fully saturated rings. The number of piperidine rings is 2. The molecule has 0 spiro atoms. The van der Waals surface area contributed by atoms with Crippen LogP contribution in [0.2, 0.25) is 0 Å². The number of hydrogen-bond donors (Lipinski definition) is 1. The Balaban J connectivity index is 1.23. The number of nitrogens with zero attached hydrogens (tertiary/aromatic N) is 4. The molecule has 5 rings (SSSR count). The summed E-state index contributed by atoms with van der Waals surface area (Å²) in [4.78, 5) is 29.7. The van der Waals surface area contributed by atoms with Crippen molar-refractivity contribution in [3.63, 3.8) is 0 Å². The molecule has 184 valence electrons. The lowest BCUT2D eigenvalue weighted by Crippen LogP contribution is -2.40. The summed E-state index contributed by atoms with van der Waals surface area (Å²) >= 11 is 0. The highest BCUT2D eigenvalue weighted by Crippen LogP contribution is 2.30. The Labute approximate surface area is 205 Å². The zero-order valence-corrected chi connectivity index (χ0v) is 20.4. The van der Waals surface area contributed by atoms with Gasteiger partial charge >= 0.3 is 6.03 Å². The van der Waals surface area contributed by atoms with Crippen LogP contribution in [-0.2, 0) is 0 Å². The number of carbonyl (C=O) groups is 2. The van der Waals surface area contributed by atoms with Crippen molar-refractivity contribution >= 4 is 23.1 Å². The van der Waals surface area contributed by atoms with Crippen molar-refractivity contribution in [2.24, 2.45) is 5.92 Å². The van der Waals surface area contributed by atoms with E-state index in [4.69, 9.17) is 4.74 Å². The molecule has 3 aromatic rings. The Morgan fingerprint density at radius 3 is 2.34 bits per heavy atom. The highest BCUT2D eigenvalue weighted by molar-refractivity contribution is 6.00. The Bertz CT molecular complexity index is 1190. The number of urea groups is 1. The van der Waals surface area contributed by atoms with Crippen molar-refractivity contribution < 1.29 is 14.3 Å². The van der Waals surface area contributed by atoms with Gasteiger partial charge in [-0.25, -0.2) is 9.31 Å². The monoisotopic (exact) mass is 475 g/mol. The van der Waals surface area contributed by atoms with Crippen molar-refractivity contribution in [1.29, 1.82) is 0 Å². The maximum atomic E-state index is 13.2. The second-order valence-electron chi connectivity index (χ2n) is 9.74. The van der Waals surface area contributed by atoms with Gasteiger partial charge in [-0.2, -0.15) is 5.10 Å². The SMILES string of the molecule is COc1ccc(NC(=O)N2CCC(c3ccn4ncc(C(=O)N5CCC(C)CC5)c4c3)CC2)cc1. The fraction of sp³-hybridized carbons (Fsp3) is 0.444. The number of hydrogen-bond acceptors (Lipinski definition) is 4. The third-order valence-corrected chi connectivity index (χ3v) is 7.44. The molecule has 1 N–H and O–H groups in total. The van der Waals surface area contributed by atoms with Crippen LogP contribution in [0.4, 0.5) is 10.5 Å². The fourth-order valence-electron chi connectivity index (χ4n) is 5.09. The van der Waals surface area contributed by atoms with Crippen LogP contribution in [-0.4, -0.2) is 64.6 Å². The molecule has 0 unspecified atom stereocenters. The number of anilines is 1. The minimum Gasteiger partial charge on any atom is -0.497 e. The zero-order valence-electron chi connectivity index (χ0n) is 20.4. The Morgan fingerprint density at radius 2 is 1.66 bits per heavy atom. The minimum atomic E-state index is -0.0800. The van der Waals surface area contributed by atoms with E-state index in [2.05, 4.69) is 29.5 Å². The molecule has 0 atom stereocenters. The van der Waals surface area contributed by atoms with Gasteiger partial charge in [-0.15, -0.1) is 0 Å². The maximum Gasteiger partial charge on any atom is 0.321 e. The minimum absolute atomic E-state index is 0.0778. The van der Waals surface area contributed by atoms with E-state index in [0.29, 0.717) is 30.5 Å². The average Bonchev–Trinajstić information content (AvgIpc) is 3.32. The summed E-state index contributed by atoms with van der Waals surface area (Å²) in [7, 11) is 1.62. The Hall–Kier alpha value is -3.55. The number of benzene rings is 1. The van der Waals surface area contributed by atoms with Crippen molar-refractivity contribution in [2.75, 3.05) is 38.6 Å². The van der Waals surface area contributed by atoms with Crippen LogP contribution in [0.5, 0.6) is 5.75 Å². The number of amides is 3. The van der Waals surface area contributed by atoms with E-state index in [9.17, 15) is 9.59 Å². The molecular weight excluding hydrogens is 442 g/mol. The molecule has 2 saturated heterocycles. The summed E-state index contributed by atoms with van der Waals surface area (Å²) in [6.07, 6.45) is 7.52. The topological polar surface area (TPSA) is 79.2 Å². The van der Waals surface area contributed by atoms with Crippen molar-refractivity contribution in [3.8, 4) is 5.75 Å². The molecule has 2 aromatic heterocycles. The van der Waals surface area contributed by atoms with Crippen LogP contribution < -0.4 is 10.1 Å². The van der Waals surface area contributed by atoms with Gasteiger partial charge in [0.2, 0.25) is 0 Å². The van der Waals surface area contributed by atoms with Crippen LogP contribution in [0.25, 0.3) is 5.52 Å². The van der Waals surface area contributed by atoms with E-state index >= 15 is 0 Å². The summed E-state index contributed by atoms with van der Waals surface area (Å²) in [5.74, 6) is 1.86. The molecule has 0 radical (unpaired) electrons. The maximum absolute atomic E-state index is 13.2. The van der Waals surface area contributed by atoms with E-state index in [0.717, 1.165) is 55.7 Å². The van der Waals surface area contributed by atoms with Crippen LogP contribution in [0.1, 0.15) is 54.4 Å². The van der Waals surface area contributed by atoms with Gasteiger partial charge in [0.25, 0.3) is 5.91 Å². The summed E-state index contributed by atoms with van der Waals surface area (Å²) in [6, 6.07) is 11.5. The highest BCUT2D eigenvalue weighted by atomic mass is 16.5. The van der Waals surface area contributed by atoms with E-state index in [-0.39, 0.29) is 11.9 Å². The Morgan fingerprint density at radius 1 is 0.971 bits per heavy atom. The lowest BCUT2D eigenvalue weighted by molar-refractivity contribution is 0.0699. The molecule has 8 heteroatoms.